The van der Waals surface area contributed by atoms with E-state index in [2.05, 4.69) is 5.32 Å². The summed E-state index contributed by atoms with van der Waals surface area (Å²) in [7, 11) is 1.83. The largest absolute Gasteiger partial charge is 0.390 e. The second kappa shape index (κ2) is 7.20. The molecule has 0 saturated heterocycles. The van der Waals surface area contributed by atoms with Crippen molar-refractivity contribution in [2.24, 2.45) is 0 Å². The standard InChI is InChI=1S/C17H21NO2/c1-18-11-10-16(19)17(20)15-9-5-8-14(12-15)13-6-3-2-4-7-13/h2-9,12,16-20H,10-11H2,1H3. The monoisotopic (exact) mass is 271 g/mol. The van der Waals surface area contributed by atoms with Crippen LogP contribution in [0.25, 0.3) is 11.1 Å². The highest BCUT2D eigenvalue weighted by Crippen LogP contribution is 2.25. The average Bonchev–Trinajstić information content (AvgIpc) is 2.53. The molecular formula is C17H21NO2. The van der Waals surface area contributed by atoms with Crippen molar-refractivity contribution in [1.29, 1.82) is 0 Å². The minimum Gasteiger partial charge on any atom is -0.390 e. The molecule has 106 valence electrons. The molecule has 0 aliphatic rings. The Morgan fingerprint density at radius 2 is 1.65 bits per heavy atom. The van der Waals surface area contributed by atoms with Gasteiger partial charge in [0.2, 0.25) is 0 Å². The Bertz CT molecular complexity index is 528. The van der Waals surface area contributed by atoms with Crippen molar-refractivity contribution in [3.8, 4) is 11.1 Å². The van der Waals surface area contributed by atoms with E-state index in [1.165, 1.54) is 0 Å². The predicted octanol–water partition coefficient (Wildman–Crippen LogP) is 2.36. The number of hydrogen-bond donors (Lipinski definition) is 3. The molecule has 0 amide bonds. The summed E-state index contributed by atoms with van der Waals surface area (Å²) in [6.45, 7) is 0.677. The fraction of sp³-hybridized carbons (Fsp3) is 0.294. The van der Waals surface area contributed by atoms with Gasteiger partial charge >= 0.3 is 0 Å². The van der Waals surface area contributed by atoms with E-state index in [1.807, 2.05) is 61.6 Å². The smallest absolute Gasteiger partial charge is 0.105 e. The number of aliphatic hydroxyl groups is 2. The minimum atomic E-state index is -0.855. The van der Waals surface area contributed by atoms with Gasteiger partial charge in [-0.3, -0.25) is 0 Å². The van der Waals surface area contributed by atoms with Crippen molar-refractivity contribution >= 4 is 0 Å². The SMILES string of the molecule is CNCCC(O)C(O)c1cccc(-c2ccccc2)c1. The van der Waals surface area contributed by atoms with Gasteiger partial charge in [-0.15, -0.1) is 0 Å². The molecule has 20 heavy (non-hydrogen) atoms. The number of benzene rings is 2. The van der Waals surface area contributed by atoms with Gasteiger partial charge in [-0.25, -0.2) is 0 Å². The first-order valence-corrected chi connectivity index (χ1v) is 6.88. The van der Waals surface area contributed by atoms with Gasteiger partial charge in [0, 0.05) is 0 Å². The zero-order valence-corrected chi connectivity index (χ0v) is 11.7. The molecular weight excluding hydrogens is 250 g/mol. The van der Waals surface area contributed by atoms with E-state index in [9.17, 15) is 10.2 Å². The van der Waals surface area contributed by atoms with Crippen molar-refractivity contribution < 1.29 is 10.2 Å². The number of nitrogens with one attached hydrogen (secondary N) is 1. The Kier molecular flexibility index (Phi) is 5.30. The van der Waals surface area contributed by atoms with Crippen LogP contribution in [0, 0.1) is 0 Å². The lowest BCUT2D eigenvalue weighted by Crippen LogP contribution is -2.23. The van der Waals surface area contributed by atoms with Crippen LogP contribution >= 0.6 is 0 Å². The Morgan fingerprint density at radius 1 is 0.950 bits per heavy atom. The second-order valence-corrected chi connectivity index (χ2v) is 4.90. The quantitative estimate of drug-likeness (QED) is 0.756. The van der Waals surface area contributed by atoms with Crippen LogP contribution in [0.15, 0.2) is 54.6 Å². The maximum atomic E-state index is 10.2. The summed E-state index contributed by atoms with van der Waals surface area (Å²) in [5, 5.41) is 23.2. The summed E-state index contributed by atoms with van der Waals surface area (Å²) < 4.78 is 0. The van der Waals surface area contributed by atoms with Crippen LogP contribution in [0.4, 0.5) is 0 Å². The molecule has 2 atom stereocenters. The zero-order valence-electron chi connectivity index (χ0n) is 11.7. The average molecular weight is 271 g/mol. The Balaban J connectivity index is 2.17. The van der Waals surface area contributed by atoms with E-state index in [0.29, 0.717) is 13.0 Å². The maximum absolute atomic E-state index is 10.2. The molecule has 3 N–H and O–H groups in total. The summed E-state index contributed by atoms with van der Waals surface area (Å²) in [5.41, 5.74) is 2.89. The summed E-state index contributed by atoms with van der Waals surface area (Å²) in [4.78, 5) is 0. The van der Waals surface area contributed by atoms with Crippen molar-refractivity contribution in [2.45, 2.75) is 18.6 Å². The molecule has 0 aliphatic carbocycles. The van der Waals surface area contributed by atoms with E-state index in [4.69, 9.17) is 0 Å². The van der Waals surface area contributed by atoms with Crippen molar-refractivity contribution in [2.75, 3.05) is 13.6 Å². The van der Waals surface area contributed by atoms with E-state index < -0.39 is 12.2 Å². The molecule has 0 saturated carbocycles. The second-order valence-electron chi connectivity index (χ2n) is 4.90. The molecule has 0 spiro atoms. The van der Waals surface area contributed by atoms with E-state index in [1.54, 1.807) is 0 Å². The fourth-order valence-electron chi connectivity index (χ4n) is 2.21. The molecule has 3 heteroatoms. The maximum Gasteiger partial charge on any atom is 0.105 e. The first kappa shape index (κ1) is 14.7. The van der Waals surface area contributed by atoms with Gasteiger partial charge in [0.25, 0.3) is 0 Å². The van der Waals surface area contributed by atoms with Crippen LogP contribution in [0.5, 0.6) is 0 Å². The highest BCUT2D eigenvalue weighted by atomic mass is 16.3. The van der Waals surface area contributed by atoms with Gasteiger partial charge in [-0.1, -0.05) is 48.5 Å². The van der Waals surface area contributed by atoms with E-state index in [0.717, 1.165) is 16.7 Å². The van der Waals surface area contributed by atoms with Gasteiger partial charge < -0.3 is 15.5 Å². The van der Waals surface area contributed by atoms with Crippen molar-refractivity contribution in [3.63, 3.8) is 0 Å². The molecule has 2 aromatic carbocycles. The van der Waals surface area contributed by atoms with Crippen LogP contribution in [0.2, 0.25) is 0 Å². The van der Waals surface area contributed by atoms with Gasteiger partial charge in [0.1, 0.15) is 6.10 Å². The predicted molar refractivity (Wildman–Crippen MR) is 81.4 cm³/mol. The lowest BCUT2D eigenvalue weighted by atomic mass is 9.97. The molecule has 2 rings (SSSR count). The number of aliphatic hydroxyl groups excluding tert-OH is 2. The Morgan fingerprint density at radius 3 is 2.35 bits per heavy atom. The molecule has 2 aromatic rings. The highest BCUT2D eigenvalue weighted by Gasteiger charge is 2.18. The van der Waals surface area contributed by atoms with E-state index in [-0.39, 0.29) is 0 Å². The van der Waals surface area contributed by atoms with Crippen LogP contribution in [-0.4, -0.2) is 29.9 Å². The van der Waals surface area contributed by atoms with Crippen LogP contribution in [0.3, 0.4) is 0 Å². The van der Waals surface area contributed by atoms with Gasteiger partial charge in [0.05, 0.1) is 6.10 Å². The Hall–Kier alpha value is -1.68. The molecule has 0 radical (unpaired) electrons. The van der Waals surface area contributed by atoms with E-state index >= 15 is 0 Å². The van der Waals surface area contributed by atoms with Crippen molar-refractivity contribution in [3.05, 3.63) is 60.2 Å². The molecule has 0 aromatic heterocycles. The van der Waals surface area contributed by atoms with Crippen LogP contribution in [0.1, 0.15) is 18.1 Å². The van der Waals surface area contributed by atoms with Gasteiger partial charge in [-0.05, 0) is 42.8 Å². The minimum absolute atomic E-state index is 0.521. The molecule has 2 unspecified atom stereocenters. The first-order chi connectivity index (χ1) is 9.72. The number of rotatable bonds is 6. The van der Waals surface area contributed by atoms with Crippen LogP contribution < -0.4 is 5.32 Å². The van der Waals surface area contributed by atoms with Gasteiger partial charge in [-0.2, -0.15) is 0 Å². The fourth-order valence-corrected chi connectivity index (χ4v) is 2.21. The summed E-state index contributed by atoms with van der Waals surface area (Å²) in [6.07, 6.45) is -1.09. The lowest BCUT2D eigenvalue weighted by molar-refractivity contribution is 0.0140. The van der Waals surface area contributed by atoms with Gasteiger partial charge in [0.15, 0.2) is 0 Å². The molecule has 0 fully saturated rings. The lowest BCUT2D eigenvalue weighted by Gasteiger charge is -2.18. The molecule has 0 aliphatic heterocycles. The third-order valence-corrected chi connectivity index (χ3v) is 3.39. The first-order valence-electron chi connectivity index (χ1n) is 6.88. The highest BCUT2D eigenvalue weighted by molar-refractivity contribution is 5.64. The zero-order chi connectivity index (χ0) is 14.4. The summed E-state index contributed by atoms with van der Waals surface area (Å²) in [5.74, 6) is 0. The molecule has 0 bridgehead atoms. The molecule has 3 nitrogen and oxygen atoms in total. The summed E-state index contributed by atoms with van der Waals surface area (Å²) >= 11 is 0. The Labute approximate surface area is 119 Å². The van der Waals surface area contributed by atoms with Crippen molar-refractivity contribution in [1.82, 2.24) is 5.32 Å². The van der Waals surface area contributed by atoms with Crippen LogP contribution in [-0.2, 0) is 0 Å². The number of hydrogen-bond acceptors (Lipinski definition) is 3. The normalized spacial score (nSPS) is 13.9. The third-order valence-electron chi connectivity index (χ3n) is 3.39. The molecule has 0 heterocycles. The topological polar surface area (TPSA) is 52.5 Å². The third kappa shape index (κ3) is 3.67. The summed E-state index contributed by atoms with van der Waals surface area (Å²) in [6, 6.07) is 17.7.